The van der Waals surface area contributed by atoms with Gasteiger partial charge < -0.3 is 10.3 Å². The molecule has 0 bridgehead atoms. The minimum Gasteiger partial charge on any atom is -0.342 e. The molecule has 0 radical (unpaired) electrons. The van der Waals surface area contributed by atoms with Crippen LogP contribution in [0, 0.1) is 16.0 Å². The number of aromatic amines is 1. The smallest absolute Gasteiger partial charge is 0.283 e. The van der Waals surface area contributed by atoms with Crippen LogP contribution in [0.25, 0.3) is 11.0 Å². The first-order chi connectivity index (χ1) is 12.9. The second-order valence-corrected chi connectivity index (χ2v) is 6.83. The molecule has 2 unspecified atom stereocenters. The SMILES string of the molecule is CCC(C)C(NC(=O)c1ccc(Cl)cc1[N+](=O)[O-])c1nc2ccccc2[nH]1. The third-order valence-electron chi connectivity index (χ3n) is 4.60. The molecule has 3 rings (SSSR count). The van der Waals surface area contributed by atoms with E-state index in [0.717, 1.165) is 17.5 Å². The molecule has 2 atom stereocenters. The van der Waals surface area contributed by atoms with E-state index in [2.05, 4.69) is 15.3 Å². The summed E-state index contributed by atoms with van der Waals surface area (Å²) in [6, 6.07) is 11.2. The molecule has 0 saturated heterocycles. The number of fused-ring (bicyclic) bond motifs is 1. The molecule has 0 saturated carbocycles. The average molecular weight is 387 g/mol. The lowest BCUT2D eigenvalue weighted by molar-refractivity contribution is -0.385. The van der Waals surface area contributed by atoms with Gasteiger partial charge in [-0.2, -0.15) is 0 Å². The fourth-order valence-corrected chi connectivity index (χ4v) is 3.07. The van der Waals surface area contributed by atoms with Crippen LogP contribution in [0.4, 0.5) is 5.69 Å². The second-order valence-electron chi connectivity index (χ2n) is 6.39. The van der Waals surface area contributed by atoms with Crippen LogP contribution in [0.15, 0.2) is 42.5 Å². The molecule has 0 aliphatic rings. The summed E-state index contributed by atoms with van der Waals surface area (Å²) in [4.78, 5) is 31.3. The number of H-pyrrole nitrogens is 1. The van der Waals surface area contributed by atoms with Gasteiger partial charge in [-0.3, -0.25) is 14.9 Å². The highest BCUT2D eigenvalue weighted by molar-refractivity contribution is 6.31. The Morgan fingerprint density at radius 2 is 2.07 bits per heavy atom. The third-order valence-corrected chi connectivity index (χ3v) is 4.84. The maximum absolute atomic E-state index is 12.8. The van der Waals surface area contributed by atoms with Crippen LogP contribution >= 0.6 is 11.6 Å². The number of benzene rings is 2. The van der Waals surface area contributed by atoms with E-state index in [1.54, 1.807) is 0 Å². The van der Waals surface area contributed by atoms with Crippen molar-refractivity contribution in [3.05, 3.63) is 69.0 Å². The Hall–Kier alpha value is -2.93. The number of hydrogen-bond acceptors (Lipinski definition) is 4. The summed E-state index contributed by atoms with van der Waals surface area (Å²) in [7, 11) is 0. The zero-order valence-corrected chi connectivity index (χ0v) is 15.7. The Labute approximate surface area is 160 Å². The van der Waals surface area contributed by atoms with Crippen molar-refractivity contribution in [2.24, 2.45) is 5.92 Å². The van der Waals surface area contributed by atoms with E-state index in [0.29, 0.717) is 5.82 Å². The molecule has 1 heterocycles. The van der Waals surface area contributed by atoms with Gasteiger partial charge in [0.05, 0.1) is 22.0 Å². The van der Waals surface area contributed by atoms with E-state index >= 15 is 0 Å². The molecule has 8 heteroatoms. The van der Waals surface area contributed by atoms with Gasteiger partial charge in [0.2, 0.25) is 0 Å². The number of aromatic nitrogens is 2. The van der Waals surface area contributed by atoms with E-state index in [1.807, 2.05) is 38.1 Å². The summed E-state index contributed by atoms with van der Waals surface area (Å²) in [6.45, 7) is 4.01. The van der Waals surface area contributed by atoms with Gasteiger partial charge in [0.15, 0.2) is 0 Å². The predicted octanol–water partition coefficient (Wildman–Crippen LogP) is 4.64. The van der Waals surface area contributed by atoms with Gasteiger partial charge in [-0.25, -0.2) is 4.98 Å². The number of halogens is 1. The predicted molar refractivity (Wildman–Crippen MR) is 104 cm³/mol. The normalized spacial score (nSPS) is 13.3. The molecule has 1 aromatic heterocycles. The van der Waals surface area contributed by atoms with E-state index in [9.17, 15) is 14.9 Å². The molecule has 0 aliphatic carbocycles. The van der Waals surface area contributed by atoms with Crippen molar-refractivity contribution in [1.29, 1.82) is 0 Å². The van der Waals surface area contributed by atoms with Gasteiger partial charge in [0.25, 0.3) is 11.6 Å². The Morgan fingerprint density at radius 1 is 1.33 bits per heavy atom. The highest BCUT2D eigenvalue weighted by atomic mass is 35.5. The van der Waals surface area contributed by atoms with Crippen LogP contribution in [0.1, 0.15) is 42.5 Å². The molecule has 0 fully saturated rings. The molecule has 3 aromatic rings. The Kier molecular flexibility index (Phi) is 5.41. The zero-order chi connectivity index (χ0) is 19.6. The summed E-state index contributed by atoms with van der Waals surface area (Å²) in [6.07, 6.45) is 0.796. The van der Waals surface area contributed by atoms with E-state index in [-0.39, 0.29) is 22.2 Å². The van der Waals surface area contributed by atoms with Gasteiger partial charge in [0, 0.05) is 11.1 Å². The summed E-state index contributed by atoms with van der Waals surface area (Å²) in [5.74, 6) is 0.153. The van der Waals surface area contributed by atoms with Crippen LogP contribution in [0.3, 0.4) is 0 Å². The van der Waals surface area contributed by atoms with Crippen LogP contribution in [-0.2, 0) is 0 Å². The molecule has 27 heavy (non-hydrogen) atoms. The largest absolute Gasteiger partial charge is 0.342 e. The van der Waals surface area contributed by atoms with Crippen LogP contribution in [-0.4, -0.2) is 20.8 Å². The molecule has 2 aromatic carbocycles. The van der Waals surface area contributed by atoms with Gasteiger partial charge in [0.1, 0.15) is 11.4 Å². The van der Waals surface area contributed by atoms with Crippen LogP contribution in [0.5, 0.6) is 0 Å². The Balaban J connectivity index is 1.96. The number of nitro benzene ring substituents is 1. The molecular formula is C19H19ClN4O3. The number of carbonyl (C=O) groups is 1. The second kappa shape index (κ2) is 7.75. The molecule has 2 N–H and O–H groups in total. The molecule has 7 nitrogen and oxygen atoms in total. The number of carbonyl (C=O) groups excluding carboxylic acids is 1. The number of nitro groups is 1. The Bertz CT molecular complexity index is 969. The van der Waals surface area contributed by atoms with Gasteiger partial charge in [-0.05, 0) is 30.2 Å². The lowest BCUT2D eigenvalue weighted by atomic mass is 9.98. The topological polar surface area (TPSA) is 101 Å². The number of nitrogens with zero attached hydrogens (tertiary/aromatic N) is 2. The maximum Gasteiger partial charge on any atom is 0.283 e. The molecule has 1 amide bonds. The third kappa shape index (κ3) is 3.93. The first-order valence-corrected chi connectivity index (χ1v) is 8.98. The number of amides is 1. The van der Waals surface area contributed by atoms with Gasteiger partial charge in [-0.1, -0.05) is 44.0 Å². The summed E-state index contributed by atoms with van der Waals surface area (Å²) in [5, 5.41) is 14.4. The molecule has 0 spiro atoms. The number of hydrogen-bond donors (Lipinski definition) is 2. The van der Waals surface area contributed by atoms with Crippen LogP contribution < -0.4 is 5.32 Å². The summed E-state index contributed by atoms with van der Waals surface area (Å²) < 4.78 is 0. The summed E-state index contributed by atoms with van der Waals surface area (Å²) >= 11 is 5.83. The van der Waals surface area contributed by atoms with Crippen molar-refractivity contribution in [3.63, 3.8) is 0 Å². The fourth-order valence-electron chi connectivity index (χ4n) is 2.90. The van der Waals surface area contributed by atoms with Crippen molar-refractivity contribution in [2.45, 2.75) is 26.3 Å². The van der Waals surface area contributed by atoms with E-state index in [4.69, 9.17) is 11.6 Å². The number of para-hydroxylation sites is 2. The minimum atomic E-state index is -0.611. The lowest BCUT2D eigenvalue weighted by Gasteiger charge is -2.22. The monoisotopic (exact) mass is 386 g/mol. The van der Waals surface area contributed by atoms with Crippen LogP contribution in [0.2, 0.25) is 5.02 Å². The molecular weight excluding hydrogens is 368 g/mol. The van der Waals surface area contributed by atoms with Gasteiger partial charge in [-0.15, -0.1) is 0 Å². The molecule has 140 valence electrons. The van der Waals surface area contributed by atoms with Crippen molar-refractivity contribution < 1.29 is 9.72 Å². The van der Waals surface area contributed by atoms with E-state index in [1.165, 1.54) is 18.2 Å². The van der Waals surface area contributed by atoms with E-state index < -0.39 is 16.9 Å². The summed E-state index contributed by atoms with van der Waals surface area (Å²) in [5.41, 5.74) is 1.31. The first-order valence-electron chi connectivity index (χ1n) is 8.60. The van der Waals surface area contributed by atoms with Crippen molar-refractivity contribution in [2.75, 3.05) is 0 Å². The number of rotatable bonds is 6. The number of nitrogens with one attached hydrogen (secondary N) is 2. The fraction of sp³-hybridized carbons (Fsp3) is 0.263. The van der Waals surface area contributed by atoms with Gasteiger partial charge >= 0.3 is 0 Å². The standard InChI is InChI=1S/C19H19ClN4O3/c1-3-11(2)17(18-21-14-6-4-5-7-15(14)22-18)23-19(25)13-9-8-12(20)10-16(13)24(26)27/h4-11,17H,3H2,1-2H3,(H,21,22)(H,23,25). The highest BCUT2D eigenvalue weighted by Gasteiger charge is 2.27. The quantitative estimate of drug-likeness (QED) is 0.475. The Morgan fingerprint density at radius 3 is 2.74 bits per heavy atom. The number of imidazole rings is 1. The maximum atomic E-state index is 12.8. The van der Waals surface area contributed by atoms with Crippen molar-refractivity contribution >= 4 is 34.2 Å². The lowest BCUT2D eigenvalue weighted by Crippen LogP contribution is -2.33. The van der Waals surface area contributed by atoms with Crippen molar-refractivity contribution in [3.8, 4) is 0 Å². The molecule has 0 aliphatic heterocycles. The highest BCUT2D eigenvalue weighted by Crippen LogP contribution is 2.27. The zero-order valence-electron chi connectivity index (χ0n) is 14.9. The van der Waals surface area contributed by atoms with Crippen molar-refractivity contribution in [1.82, 2.24) is 15.3 Å². The first kappa shape index (κ1) is 18.8. The minimum absolute atomic E-state index is 0.0335. The average Bonchev–Trinajstić information content (AvgIpc) is 3.08.